The molecule has 12 heavy (non-hydrogen) atoms. The fourth-order valence-corrected chi connectivity index (χ4v) is 1.41. The average Bonchev–Trinajstić information content (AvgIpc) is 2.04. The number of ether oxygens (including phenoxy) is 2. The van der Waals surface area contributed by atoms with E-state index in [1.165, 1.54) is 6.92 Å². The van der Waals surface area contributed by atoms with Crippen LogP contribution in [-0.2, 0) is 14.3 Å². The van der Waals surface area contributed by atoms with Crippen LogP contribution in [0.5, 0.6) is 0 Å². The van der Waals surface area contributed by atoms with Crippen molar-refractivity contribution in [3.63, 3.8) is 0 Å². The van der Waals surface area contributed by atoms with Crippen LogP contribution in [0.25, 0.3) is 0 Å². The second-order valence-corrected chi connectivity index (χ2v) is 3.10. The first-order chi connectivity index (χ1) is 5.70. The Morgan fingerprint density at radius 1 is 1.58 bits per heavy atom. The van der Waals surface area contributed by atoms with Gasteiger partial charge in [0.05, 0.1) is 12.7 Å². The zero-order valence-corrected chi connectivity index (χ0v) is 9.23. The topological polar surface area (TPSA) is 35.5 Å². The molecule has 0 bridgehead atoms. The van der Waals surface area contributed by atoms with E-state index in [9.17, 15) is 4.79 Å². The second-order valence-electron chi connectivity index (χ2n) is 2.14. The van der Waals surface area contributed by atoms with Crippen molar-refractivity contribution >= 4 is 33.5 Å². The third-order valence-corrected chi connectivity index (χ3v) is 2.15. The number of hydrogen-bond acceptors (Lipinski definition) is 3. The normalized spacial score (nSPS) is 12.6. The fourth-order valence-electron chi connectivity index (χ4n) is 0.531. The number of esters is 1. The number of rotatable bonds is 6. The van der Waals surface area contributed by atoms with Crippen LogP contribution in [-0.4, -0.2) is 36.5 Å². The molecule has 0 saturated carbocycles. The monoisotopic (exact) mass is 258 g/mol. The van der Waals surface area contributed by atoms with E-state index in [0.717, 1.165) is 0 Å². The molecule has 0 aromatic heterocycles. The molecule has 0 radical (unpaired) electrons. The van der Waals surface area contributed by atoms with Crippen LogP contribution in [0.2, 0.25) is 0 Å². The summed E-state index contributed by atoms with van der Waals surface area (Å²) in [5, 5.41) is 0.691. The van der Waals surface area contributed by atoms with Gasteiger partial charge in [-0.05, 0) is 0 Å². The minimum Gasteiger partial charge on any atom is -0.463 e. The predicted octanol–water partition coefficient (Wildman–Crippen LogP) is 1.57. The van der Waals surface area contributed by atoms with Gasteiger partial charge in [0.25, 0.3) is 0 Å². The first-order valence-corrected chi connectivity index (χ1v) is 5.23. The minimum absolute atomic E-state index is 0.0118. The Labute approximate surface area is 85.5 Å². The summed E-state index contributed by atoms with van der Waals surface area (Å²) < 4.78 is 9.89. The van der Waals surface area contributed by atoms with Crippen LogP contribution in [0.3, 0.4) is 0 Å². The highest BCUT2D eigenvalue weighted by molar-refractivity contribution is 9.09. The fraction of sp³-hybridized carbons (Fsp3) is 0.857. The smallest absolute Gasteiger partial charge is 0.302 e. The van der Waals surface area contributed by atoms with E-state index in [4.69, 9.17) is 16.3 Å². The Morgan fingerprint density at radius 3 is 2.67 bits per heavy atom. The lowest BCUT2D eigenvalue weighted by atomic mass is 10.5. The molecule has 5 heteroatoms. The van der Waals surface area contributed by atoms with Gasteiger partial charge in [-0.1, -0.05) is 15.9 Å². The Bertz CT molecular complexity index is 128. The maximum absolute atomic E-state index is 10.3. The van der Waals surface area contributed by atoms with E-state index < -0.39 is 0 Å². The third-order valence-electron chi connectivity index (χ3n) is 1.09. The van der Waals surface area contributed by atoms with E-state index in [1.54, 1.807) is 0 Å². The highest BCUT2D eigenvalue weighted by Crippen LogP contribution is 1.99. The molecule has 0 saturated heterocycles. The highest BCUT2D eigenvalue weighted by atomic mass is 79.9. The number of hydrogen-bond donors (Lipinski definition) is 0. The number of carbonyl (C=O) groups is 1. The molecule has 0 unspecified atom stereocenters. The van der Waals surface area contributed by atoms with Crippen molar-refractivity contribution in [2.45, 2.75) is 13.0 Å². The summed E-state index contributed by atoms with van der Waals surface area (Å²) in [5.74, 6) is 0.144. The molecule has 0 amide bonds. The van der Waals surface area contributed by atoms with Gasteiger partial charge in [-0.2, -0.15) is 0 Å². The Morgan fingerprint density at radius 2 is 2.25 bits per heavy atom. The highest BCUT2D eigenvalue weighted by Gasteiger charge is 2.04. The summed E-state index contributed by atoms with van der Waals surface area (Å²) >= 11 is 8.79. The molecular formula is C7H12BrClO3. The maximum Gasteiger partial charge on any atom is 0.302 e. The van der Waals surface area contributed by atoms with Gasteiger partial charge in [0, 0.05) is 18.1 Å². The van der Waals surface area contributed by atoms with Crippen LogP contribution in [0, 0.1) is 0 Å². The molecule has 0 aromatic carbocycles. The minimum atomic E-state index is -0.292. The molecule has 0 aliphatic carbocycles. The summed E-state index contributed by atoms with van der Waals surface area (Å²) in [6.45, 7) is 2.04. The summed E-state index contributed by atoms with van der Waals surface area (Å²) in [4.78, 5) is 10.3. The predicted molar refractivity (Wildman–Crippen MR) is 50.9 cm³/mol. The summed E-state index contributed by atoms with van der Waals surface area (Å²) in [7, 11) is 0. The molecule has 0 fully saturated rings. The van der Waals surface area contributed by atoms with Crippen LogP contribution in [0.4, 0.5) is 0 Å². The van der Waals surface area contributed by atoms with E-state index in [1.807, 2.05) is 0 Å². The molecule has 0 aliphatic rings. The largest absolute Gasteiger partial charge is 0.463 e. The van der Waals surface area contributed by atoms with Crippen LogP contribution in [0.15, 0.2) is 0 Å². The Balaban J connectivity index is 3.23. The lowest BCUT2D eigenvalue weighted by Crippen LogP contribution is -2.19. The van der Waals surface area contributed by atoms with E-state index in [0.29, 0.717) is 17.8 Å². The van der Waals surface area contributed by atoms with Gasteiger partial charge in [-0.3, -0.25) is 4.79 Å². The first-order valence-electron chi connectivity index (χ1n) is 3.57. The summed E-state index contributed by atoms with van der Waals surface area (Å²) in [5.41, 5.74) is 0. The molecule has 0 N–H and O–H groups in total. The summed E-state index contributed by atoms with van der Waals surface area (Å²) in [6.07, 6.45) is -0.0118. The van der Waals surface area contributed by atoms with Gasteiger partial charge >= 0.3 is 5.97 Å². The van der Waals surface area contributed by atoms with E-state index >= 15 is 0 Å². The van der Waals surface area contributed by atoms with E-state index in [-0.39, 0.29) is 18.7 Å². The maximum atomic E-state index is 10.3. The molecule has 0 rings (SSSR count). The van der Waals surface area contributed by atoms with Gasteiger partial charge in [-0.15, -0.1) is 11.6 Å². The molecule has 72 valence electrons. The molecule has 3 nitrogen and oxygen atoms in total. The molecule has 0 aliphatic heterocycles. The average molecular weight is 260 g/mol. The zero-order chi connectivity index (χ0) is 9.40. The lowest BCUT2D eigenvalue weighted by Gasteiger charge is -2.11. The van der Waals surface area contributed by atoms with Crippen LogP contribution < -0.4 is 0 Å². The molecular weight excluding hydrogens is 247 g/mol. The van der Waals surface area contributed by atoms with Crippen molar-refractivity contribution in [3.05, 3.63) is 0 Å². The van der Waals surface area contributed by atoms with Gasteiger partial charge in [0.15, 0.2) is 0 Å². The molecule has 0 aromatic rings. The van der Waals surface area contributed by atoms with E-state index in [2.05, 4.69) is 20.7 Å². The van der Waals surface area contributed by atoms with Crippen LogP contribution >= 0.6 is 27.5 Å². The third kappa shape index (κ3) is 6.88. The molecule has 0 spiro atoms. The first kappa shape index (κ1) is 12.2. The van der Waals surface area contributed by atoms with Crippen molar-refractivity contribution in [3.8, 4) is 0 Å². The number of carbonyl (C=O) groups excluding carboxylic acids is 1. The van der Waals surface area contributed by atoms with Gasteiger partial charge in [0.1, 0.15) is 6.61 Å². The second kappa shape index (κ2) is 7.83. The van der Waals surface area contributed by atoms with Crippen molar-refractivity contribution in [2.24, 2.45) is 0 Å². The molecule has 1 atom stereocenters. The molecule has 0 heterocycles. The van der Waals surface area contributed by atoms with Gasteiger partial charge in [0.2, 0.25) is 0 Å². The number of halogens is 2. The summed E-state index contributed by atoms with van der Waals surface area (Å²) in [6, 6.07) is 0. The SMILES string of the molecule is CC(=O)OCCO[C@H](CCl)CBr. The quantitative estimate of drug-likeness (QED) is 0.413. The Kier molecular flexibility index (Phi) is 7.96. The van der Waals surface area contributed by atoms with Gasteiger partial charge < -0.3 is 9.47 Å². The zero-order valence-electron chi connectivity index (χ0n) is 6.89. The van der Waals surface area contributed by atoms with Crippen LogP contribution in [0.1, 0.15) is 6.92 Å². The van der Waals surface area contributed by atoms with Crippen molar-refractivity contribution in [1.29, 1.82) is 0 Å². The Hall–Kier alpha value is 0.200. The van der Waals surface area contributed by atoms with Crippen molar-refractivity contribution in [2.75, 3.05) is 24.4 Å². The number of alkyl halides is 2. The van der Waals surface area contributed by atoms with Crippen molar-refractivity contribution < 1.29 is 14.3 Å². The van der Waals surface area contributed by atoms with Gasteiger partial charge in [-0.25, -0.2) is 0 Å². The lowest BCUT2D eigenvalue weighted by molar-refractivity contribution is -0.142. The standard InChI is InChI=1S/C7H12BrClO3/c1-6(10)11-2-3-12-7(4-8)5-9/h7H,2-5H2,1H3/t7-/m0/s1. The van der Waals surface area contributed by atoms with Crippen molar-refractivity contribution in [1.82, 2.24) is 0 Å².